The molecule has 21 heavy (non-hydrogen) atoms. The summed E-state index contributed by atoms with van der Waals surface area (Å²) in [4.78, 5) is 11.9. The van der Waals surface area contributed by atoms with Crippen molar-refractivity contribution >= 4 is 49.1 Å². The monoisotopic (exact) mass is 407 g/mol. The molecule has 2 N–H and O–H groups in total. The zero-order valence-electron chi connectivity index (χ0n) is 10.9. The van der Waals surface area contributed by atoms with Gasteiger partial charge in [0.05, 0.1) is 17.8 Å². The number of carbonyl (C=O) groups is 1. The Kier molecular flexibility index (Phi) is 5.37. The van der Waals surface area contributed by atoms with Gasteiger partial charge in [0.2, 0.25) is 5.91 Å². The highest BCUT2D eigenvalue weighted by molar-refractivity contribution is 9.10. The lowest BCUT2D eigenvalue weighted by molar-refractivity contribution is -0.114. The molecule has 0 heterocycles. The van der Waals surface area contributed by atoms with Gasteiger partial charge in [0.1, 0.15) is 6.07 Å². The number of hydrogen-bond donors (Lipinski definition) is 2. The first kappa shape index (κ1) is 15.5. The van der Waals surface area contributed by atoms with E-state index in [0.29, 0.717) is 16.9 Å². The summed E-state index contributed by atoms with van der Waals surface area (Å²) in [6, 6.07) is 14.7. The highest BCUT2D eigenvalue weighted by atomic mass is 79.9. The Balaban J connectivity index is 1.99. The molecule has 2 aromatic carbocycles. The number of nitrogens with one attached hydrogen (secondary N) is 2. The van der Waals surface area contributed by atoms with Crippen LogP contribution < -0.4 is 10.6 Å². The fourth-order valence-electron chi connectivity index (χ4n) is 1.71. The van der Waals surface area contributed by atoms with Gasteiger partial charge in [-0.3, -0.25) is 4.79 Å². The molecule has 0 aliphatic heterocycles. The van der Waals surface area contributed by atoms with Gasteiger partial charge in [-0.25, -0.2) is 0 Å². The fourth-order valence-corrected chi connectivity index (χ4v) is 2.47. The van der Waals surface area contributed by atoms with Gasteiger partial charge in [0.15, 0.2) is 0 Å². The predicted octanol–water partition coefficient (Wildman–Crippen LogP) is 4.13. The van der Waals surface area contributed by atoms with Crippen LogP contribution in [0.25, 0.3) is 0 Å². The van der Waals surface area contributed by atoms with Crippen LogP contribution in [0.15, 0.2) is 51.4 Å². The number of amides is 1. The van der Waals surface area contributed by atoms with Crippen molar-refractivity contribution in [3.63, 3.8) is 0 Å². The van der Waals surface area contributed by atoms with E-state index in [1.807, 2.05) is 24.3 Å². The Labute approximate surface area is 139 Å². The molecular formula is C15H11Br2N3O. The van der Waals surface area contributed by atoms with Gasteiger partial charge in [0, 0.05) is 14.6 Å². The van der Waals surface area contributed by atoms with E-state index in [1.54, 1.807) is 18.2 Å². The van der Waals surface area contributed by atoms with E-state index in [2.05, 4.69) is 48.6 Å². The van der Waals surface area contributed by atoms with Crippen molar-refractivity contribution in [3.05, 3.63) is 57.0 Å². The lowest BCUT2D eigenvalue weighted by atomic mass is 10.2. The third-order valence-electron chi connectivity index (χ3n) is 2.65. The first-order chi connectivity index (χ1) is 10.1. The van der Waals surface area contributed by atoms with Crippen LogP contribution in [-0.4, -0.2) is 12.5 Å². The van der Waals surface area contributed by atoms with Gasteiger partial charge in [-0.2, -0.15) is 5.26 Å². The van der Waals surface area contributed by atoms with Crippen LogP contribution in [0.2, 0.25) is 0 Å². The van der Waals surface area contributed by atoms with E-state index in [-0.39, 0.29) is 12.5 Å². The molecule has 0 aliphatic carbocycles. The average Bonchev–Trinajstić information content (AvgIpc) is 2.45. The highest BCUT2D eigenvalue weighted by Gasteiger charge is 2.06. The molecule has 0 fully saturated rings. The first-order valence-electron chi connectivity index (χ1n) is 6.07. The second-order valence-corrected chi connectivity index (χ2v) is 6.05. The van der Waals surface area contributed by atoms with Crippen LogP contribution in [0.5, 0.6) is 0 Å². The molecule has 0 saturated heterocycles. The van der Waals surface area contributed by atoms with E-state index in [0.717, 1.165) is 8.95 Å². The van der Waals surface area contributed by atoms with Crippen LogP contribution in [0.3, 0.4) is 0 Å². The van der Waals surface area contributed by atoms with Gasteiger partial charge >= 0.3 is 0 Å². The van der Waals surface area contributed by atoms with Crippen LogP contribution >= 0.6 is 31.9 Å². The molecule has 6 heteroatoms. The van der Waals surface area contributed by atoms with Gasteiger partial charge in [-0.05, 0) is 36.4 Å². The lowest BCUT2D eigenvalue weighted by Gasteiger charge is -2.09. The Morgan fingerprint density at radius 3 is 2.62 bits per heavy atom. The summed E-state index contributed by atoms with van der Waals surface area (Å²) in [7, 11) is 0. The molecule has 0 radical (unpaired) electrons. The Morgan fingerprint density at radius 1 is 1.14 bits per heavy atom. The SMILES string of the molecule is N#Cc1ccc(Br)cc1NCC(=O)Nc1cccc(Br)c1. The summed E-state index contributed by atoms with van der Waals surface area (Å²) < 4.78 is 1.74. The number of anilines is 2. The number of carbonyl (C=O) groups excluding carboxylic acids is 1. The zero-order valence-corrected chi connectivity index (χ0v) is 14.0. The second kappa shape index (κ2) is 7.25. The van der Waals surface area contributed by atoms with Gasteiger partial charge in [-0.1, -0.05) is 37.9 Å². The molecule has 0 unspecified atom stereocenters. The van der Waals surface area contributed by atoms with Crippen molar-refractivity contribution in [2.24, 2.45) is 0 Å². The zero-order chi connectivity index (χ0) is 15.2. The van der Waals surface area contributed by atoms with Crippen molar-refractivity contribution in [2.75, 3.05) is 17.2 Å². The minimum Gasteiger partial charge on any atom is -0.375 e. The first-order valence-corrected chi connectivity index (χ1v) is 7.66. The van der Waals surface area contributed by atoms with E-state index in [9.17, 15) is 4.79 Å². The number of rotatable bonds is 4. The van der Waals surface area contributed by atoms with E-state index in [1.165, 1.54) is 0 Å². The third-order valence-corrected chi connectivity index (χ3v) is 3.64. The summed E-state index contributed by atoms with van der Waals surface area (Å²) in [5.74, 6) is -0.183. The van der Waals surface area contributed by atoms with Gasteiger partial charge in [-0.15, -0.1) is 0 Å². The van der Waals surface area contributed by atoms with Gasteiger partial charge in [0.25, 0.3) is 0 Å². The molecule has 2 aromatic rings. The highest BCUT2D eigenvalue weighted by Crippen LogP contribution is 2.20. The van der Waals surface area contributed by atoms with Crippen molar-refractivity contribution in [1.29, 1.82) is 5.26 Å². The molecule has 2 rings (SSSR count). The molecule has 0 aliphatic rings. The van der Waals surface area contributed by atoms with E-state index >= 15 is 0 Å². The summed E-state index contributed by atoms with van der Waals surface area (Å²) in [5, 5.41) is 14.8. The average molecular weight is 409 g/mol. The Bertz CT molecular complexity index is 710. The molecule has 0 aromatic heterocycles. The van der Waals surface area contributed by atoms with Crippen molar-refractivity contribution in [2.45, 2.75) is 0 Å². The van der Waals surface area contributed by atoms with Crippen molar-refractivity contribution in [3.8, 4) is 6.07 Å². The lowest BCUT2D eigenvalue weighted by Crippen LogP contribution is -2.22. The Hall–Kier alpha value is -1.84. The smallest absolute Gasteiger partial charge is 0.243 e. The fraction of sp³-hybridized carbons (Fsp3) is 0.0667. The molecule has 4 nitrogen and oxygen atoms in total. The topological polar surface area (TPSA) is 64.9 Å². The van der Waals surface area contributed by atoms with Crippen molar-refractivity contribution < 1.29 is 4.79 Å². The molecular weight excluding hydrogens is 398 g/mol. The molecule has 1 amide bonds. The maximum atomic E-state index is 11.9. The number of hydrogen-bond acceptors (Lipinski definition) is 3. The van der Waals surface area contributed by atoms with Crippen LogP contribution in [0.4, 0.5) is 11.4 Å². The molecule has 106 valence electrons. The normalized spacial score (nSPS) is 9.76. The summed E-state index contributed by atoms with van der Waals surface area (Å²) >= 11 is 6.69. The molecule has 0 atom stereocenters. The van der Waals surface area contributed by atoms with Crippen LogP contribution in [0.1, 0.15) is 5.56 Å². The summed E-state index contributed by atoms with van der Waals surface area (Å²) in [6.45, 7) is 0.0810. The maximum absolute atomic E-state index is 11.9. The molecule has 0 bridgehead atoms. The van der Waals surface area contributed by atoms with E-state index < -0.39 is 0 Å². The van der Waals surface area contributed by atoms with Crippen molar-refractivity contribution in [1.82, 2.24) is 0 Å². The minimum absolute atomic E-state index is 0.0810. The number of nitriles is 1. The molecule has 0 saturated carbocycles. The quantitative estimate of drug-likeness (QED) is 0.799. The van der Waals surface area contributed by atoms with Crippen LogP contribution in [-0.2, 0) is 4.79 Å². The number of nitrogens with zero attached hydrogens (tertiary/aromatic N) is 1. The predicted molar refractivity (Wildman–Crippen MR) is 90.1 cm³/mol. The van der Waals surface area contributed by atoms with E-state index in [4.69, 9.17) is 5.26 Å². The number of benzene rings is 2. The van der Waals surface area contributed by atoms with Crippen LogP contribution in [0, 0.1) is 11.3 Å². The third kappa shape index (κ3) is 4.59. The second-order valence-electron chi connectivity index (χ2n) is 4.21. The largest absolute Gasteiger partial charge is 0.375 e. The summed E-state index contributed by atoms with van der Waals surface area (Å²) in [5.41, 5.74) is 1.83. The standard InChI is InChI=1S/C15H11Br2N3O/c16-11-2-1-3-13(6-11)20-15(21)9-19-14-7-12(17)5-4-10(14)8-18/h1-7,19H,9H2,(H,20,21). The summed E-state index contributed by atoms with van der Waals surface area (Å²) in [6.07, 6.45) is 0. The Morgan fingerprint density at radius 2 is 1.90 bits per heavy atom. The maximum Gasteiger partial charge on any atom is 0.243 e. The minimum atomic E-state index is -0.183. The number of halogens is 2. The molecule has 0 spiro atoms. The van der Waals surface area contributed by atoms with Gasteiger partial charge < -0.3 is 10.6 Å².